The van der Waals surface area contributed by atoms with Gasteiger partial charge in [0.15, 0.2) is 5.78 Å². The number of ketones is 1. The number of methoxy groups -OCH3 is 1. The van der Waals surface area contributed by atoms with Crippen molar-refractivity contribution < 1.29 is 9.53 Å². The number of carbonyl (C=O) groups is 1. The molecule has 2 heterocycles. The molecule has 0 amide bonds. The molecule has 2 aromatic heterocycles. The van der Waals surface area contributed by atoms with Gasteiger partial charge in [-0.15, -0.1) is 0 Å². The Balaban J connectivity index is 1.88. The van der Waals surface area contributed by atoms with Gasteiger partial charge in [0.05, 0.1) is 37.2 Å². The van der Waals surface area contributed by atoms with Crippen LogP contribution in [0.2, 0.25) is 0 Å². The maximum absolute atomic E-state index is 12.3. The molecular formula is C15H13N3O2. The predicted molar refractivity (Wildman–Crippen MR) is 74.9 cm³/mol. The maximum atomic E-state index is 12.3. The third-order valence-electron chi connectivity index (χ3n) is 3.11. The van der Waals surface area contributed by atoms with Crippen molar-refractivity contribution in [2.75, 3.05) is 7.11 Å². The first-order chi connectivity index (χ1) is 9.78. The van der Waals surface area contributed by atoms with Crippen LogP contribution in [0.5, 0.6) is 5.75 Å². The summed E-state index contributed by atoms with van der Waals surface area (Å²) >= 11 is 0. The van der Waals surface area contributed by atoms with E-state index in [1.807, 2.05) is 28.8 Å². The van der Waals surface area contributed by atoms with Crippen molar-refractivity contribution in [3.8, 4) is 5.75 Å². The minimum Gasteiger partial charge on any atom is -0.495 e. The number of aromatic nitrogens is 3. The highest BCUT2D eigenvalue weighted by Crippen LogP contribution is 2.15. The first kappa shape index (κ1) is 12.3. The highest BCUT2D eigenvalue weighted by Gasteiger charge is 2.10. The lowest BCUT2D eigenvalue weighted by molar-refractivity contribution is 0.0972. The monoisotopic (exact) mass is 267 g/mol. The smallest absolute Gasteiger partial charge is 0.184 e. The molecule has 0 aliphatic heterocycles. The number of pyridine rings is 1. The molecule has 0 atom stereocenters. The van der Waals surface area contributed by atoms with E-state index in [4.69, 9.17) is 4.74 Å². The molecule has 0 unspecified atom stereocenters. The van der Waals surface area contributed by atoms with Crippen LogP contribution in [0.4, 0.5) is 0 Å². The summed E-state index contributed by atoms with van der Waals surface area (Å²) in [6.45, 7) is 0.232. The molecule has 100 valence electrons. The van der Waals surface area contributed by atoms with E-state index in [1.54, 1.807) is 31.9 Å². The van der Waals surface area contributed by atoms with Gasteiger partial charge in [0, 0.05) is 11.8 Å². The zero-order valence-electron chi connectivity index (χ0n) is 11.0. The normalized spacial score (nSPS) is 10.7. The molecule has 0 radical (unpaired) electrons. The lowest BCUT2D eigenvalue weighted by Crippen LogP contribution is -2.10. The summed E-state index contributed by atoms with van der Waals surface area (Å²) < 4.78 is 6.91. The fraction of sp³-hybridized carbons (Fsp3) is 0.133. The Bertz CT molecular complexity index is 764. The van der Waals surface area contributed by atoms with Crippen molar-refractivity contribution in [2.24, 2.45) is 0 Å². The van der Waals surface area contributed by atoms with Gasteiger partial charge in [-0.3, -0.25) is 9.78 Å². The van der Waals surface area contributed by atoms with Crippen molar-refractivity contribution in [3.63, 3.8) is 0 Å². The Morgan fingerprint density at radius 3 is 3.00 bits per heavy atom. The molecule has 0 bridgehead atoms. The molecule has 1 aromatic carbocycles. The summed E-state index contributed by atoms with van der Waals surface area (Å²) in [4.78, 5) is 20.5. The second-order valence-corrected chi connectivity index (χ2v) is 4.40. The molecule has 0 fully saturated rings. The highest BCUT2D eigenvalue weighted by molar-refractivity contribution is 5.96. The van der Waals surface area contributed by atoms with Crippen LogP contribution in [0.3, 0.4) is 0 Å². The van der Waals surface area contributed by atoms with Gasteiger partial charge in [-0.1, -0.05) is 12.1 Å². The number of Topliss-reactive ketones (excluding diaryl/α,β-unsaturated/α-hetero) is 1. The topological polar surface area (TPSA) is 57.0 Å². The van der Waals surface area contributed by atoms with Gasteiger partial charge in [0.1, 0.15) is 5.75 Å². The summed E-state index contributed by atoms with van der Waals surface area (Å²) in [6, 6.07) is 9.41. The number of rotatable bonds is 4. The minimum atomic E-state index is -0.0282. The number of carbonyl (C=O) groups excluding carboxylic acids is 1. The third-order valence-corrected chi connectivity index (χ3v) is 3.11. The molecule has 20 heavy (non-hydrogen) atoms. The summed E-state index contributed by atoms with van der Waals surface area (Å²) in [7, 11) is 1.55. The number of hydrogen-bond donors (Lipinski definition) is 0. The highest BCUT2D eigenvalue weighted by atomic mass is 16.5. The SMILES string of the molecule is COc1cncc(C(=O)Cn2cnc3ccccc32)c1. The van der Waals surface area contributed by atoms with E-state index in [-0.39, 0.29) is 12.3 Å². The Morgan fingerprint density at radius 1 is 1.30 bits per heavy atom. The molecule has 0 spiro atoms. The molecule has 0 saturated carbocycles. The summed E-state index contributed by atoms with van der Waals surface area (Å²) in [5.41, 5.74) is 2.35. The molecule has 3 rings (SSSR count). The van der Waals surface area contributed by atoms with Gasteiger partial charge in [0.2, 0.25) is 0 Å². The zero-order valence-corrected chi connectivity index (χ0v) is 11.0. The van der Waals surface area contributed by atoms with Gasteiger partial charge in [-0.2, -0.15) is 0 Å². The van der Waals surface area contributed by atoms with E-state index < -0.39 is 0 Å². The van der Waals surface area contributed by atoms with E-state index in [0.29, 0.717) is 11.3 Å². The van der Waals surface area contributed by atoms with Gasteiger partial charge in [-0.25, -0.2) is 4.98 Å². The Hall–Kier alpha value is -2.69. The first-order valence-electron chi connectivity index (χ1n) is 6.20. The molecule has 0 aliphatic rings. The van der Waals surface area contributed by atoms with Crippen LogP contribution in [0.1, 0.15) is 10.4 Å². The summed E-state index contributed by atoms with van der Waals surface area (Å²) in [6.07, 6.45) is 4.80. The van der Waals surface area contributed by atoms with Gasteiger partial charge in [0.25, 0.3) is 0 Å². The van der Waals surface area contributed by atoms with Crippen LogP contribution < -0.4 is 4.74 Å². The number of imidazole rings is 1. The van der Waals surface area contributed by atoms with Crippen LogP contribution in [0.15, 0.2) is 49.1 Å². The van der Waals surface area contributed by atoms with Crippen molar-refractivity contribution >= 4 is 16.8 Å². The number of ether oxygens (including phenoxy) is 1. The number of nitrogens with zero attached hydrogens (tertiary/aromatic N) is 3. The molecule has 0 saturated heterocycles. The maximum Gasteiger partial charge on any atom is 0.184 e. The molecule has 3 aromatic rings. The Labute approximate surface area is 115 Å². The fourth-order valence-electron chi connectivity index (χ4n) is 2.07. The van der Waals surface area contributed by atoms with E-state index >= 15 is 0 Å². The number of para-hydroxylation sites is 2. The van der Waals surface area contributed by atoms with E-state index in [2.05, 4.69) is 9.97 Å². The Morgan fingerprint density at radius 2 is 2.15 bits per heavy atom. The van der Waals surface area contributed by atoms with E-state index in [9.17, 15) is 4.79 Å². The lowest BCUT2D eigenvalue weighted by Gasteiger charge is -2.05. The quantitative estimate of drug-likeness (QED) is 0.681. The predicted octanol–water partition coefficient (Wildman–Crippen LogP) is 2.32. The van der Waals surface area contributed by atoms with E-state index in [0.717, 1.165) is 11.0 Å². The van der Waals surface area contributed by atoms with Crippen LogP contribution >= 0.6 is 0 Å². The first-order valence-corrected chi connectivity index (χ1v) is 6.20. The largest absolute Gasteiger partial charge is 0.495 e. The second kappa shape index (κ2) is 5.13. The van der Waals surface area contributed by atoms with Gasteiger partial charge in [-0.05, 0) is 18.2 Å². The van der Waals surface area contributed by atoms with Crippen LogP contribution in [0.25, 0.3) is 11.0 Å². The van der Waals surface area contributed by atoms with Crippen LogP contribution in [-0.2, 0) is 6.54 Å². The minimum absolute atomic E-state index is 0.0282. The van der Waals surface area contributed by atoms with Crippen molar-refractivity contribution in [2.45, 2.75) is 6.54 Å². The lowest BCUT2D eigenvalue weighted by atomic mass is 10.2. The summed E-state index contributed by atoms with van der Waals surface area (Å²) in [5.74, 6) is 0.547. The number of hydrogen-bond acceptors (Lipinski definition) is 4. The van der Waals surface area contributed by atoms with Gasteiger partial charge >= 0.3 is 0 Å². The molecular weight excluding hydrogens is 254 g/mol. The van der Waals surface area contributed by atoms with Crippen molar-refractivity contribution in [1.29, 1.82) is 0 Å². The fourth-order valence-corrected chi connectivity index (χ4v) is 2.07. The van der Waals surface area contributed by atoms with Gasteiger partial charge < -0.3 is 9.30 Å². The van der Waals surface area contributed by atoms with Crippen LogP contribution in [-0.4, -0.2) is 27.4 Å². The summed E-state index contributed by atoms with van der Waals surface area (Å²) in [5, 5.41) is 0. The second-order valence-electron chi connectivity index (χ2n) is 4.40. The average Bonchev–Trinajstić information content (AvgIpc) is 2.90. The number of fused-ring (bicyclic) bond motifs is 1. The molecule has 0 aliphatic carbocycles. The third kappa shape index (κ3) is 2.25. The molecule has 5 nitrogen and oxygen atoms in total. The molecule has 0 N–H and O–H groups in total. The van der Waals surface area contributed by atoms with Crippen molar-refractivity contribution in [3.05, 3.63) is 54.6 Å². The standard InChI is InChI=1S/C15H13N3O2/c1-20-12-6-11(7-16-8-12)15(19)9-18-10-17-13-4-2-3-5-14(13)18/h2-8,10H,9H2,1H3. The molecule has 5 heteroatoms. The van der Waals surface area contributed by atoms with Crippen molar-refractivity contribution in [1.82, 2.24) is 14.5 Å². The van der Waals surface area contributed by atoms with Crippen LogP contribution in [0, 0.1) is 0 Å². The Kier molecular flexibility index (Phi) is 3.16. The number of benzene rings is 1. The van der Waals surface area contributed by atoms with E-state index in [1.165, 1.54) is 0 Å². The average molecular weight is 267 g/mol. The zero-order chi connectivity index (χ0) is 13.9.